The minimum absolute atomic E-state index is 0.134. The van der Waals surface area contributed by atoms with E-state index in [1.54, 1.807) is 56.4 Å². The number of esters is 1. The van der Waals surface area contributed by atoms with Crippen LogP contribution in [0.3, 0.4) is 0 Å². The van der Waals surface area contributed by atoms with Crippen molar-refractivity contribution in [1.82, 2.24) is 4.31 Å². The first-order chi connectivity index (χ1) is 12.4. The average molecular weight is 377 g/mol. The molecule has 0 atom stereocenters. The first-order valence-electron chi connectivity index (χ1n) is 8.32. The van der Waals surface area contributed by atoms with Crippen LogP contribution in [0.2, 0.25) is 0 Å². The van der Waals surface area contributed by atoms with Crippen molar-refractivity contribution in [3.63, 3.8) is 0 Å². The van der Waals surface area contributed by atoms with Crippen molar-refractivity contribution in [2.45, 2.75) is 18.2 Å². The molecule has 2 aromatic rings. The zero-order chi connectivity index (χ0) is 19.0. The Hall–Kier alpha value is -2.38. The van der Waals surface area contributed by atoms with Crippen LogP contribution in [0.1, 0.15) is 12.5 Å². The minimum Gasteiger partial charge on any atom is -0.482 e. The molecule has 0 saturated carbocycles. The van der Waals surface area contributed by atoms with Crippen LogP contribution in [0, 0.1) is 0 Å². The summed E-state index contributed by atoms with van der Waals surface area (Å²) in [6.07, 6.45) is 0.570. The highest BCUT2D eigenvalue weighted by atomic mass is 32.2. The van der Waals surface area contributed by atoms with Gasteiger partial charge in [-0.1, -0.05) is 30.3 Å². The zero-order valence-corrected chi connectivity index (χ0v) is 15.7. The van der Waals surface area contributed by atoms with Gasteiger partial charge in [-0.05, 0) is 43.2 Å². The second-order valence-corrected chi connectivity index (χ2v) is 7.67. The van der Waals surface area contributed by atoms with E-state index in [0.29, 0.717) is 25.3 Å². The number of benzene rings is 2. The van der Waals surface area contributed by atoms with Gasteiger partial charge in [-0.15, -0.1) is 0 Å². The molecule has 0 aromatic heterocycles. The number of sulfonamides is 1. The molecule has 6 nitrogen and oxygen atoms in total. The lowest BCUT2D eigenvalue weighted by molar-refractivity contribution is -0.145. The van der Waals surface area contributed by atoms with Crippen LogP contribution in [-0.2, 0) is 26.0 Å². The minimum atomic E-state index is -3.48. The summed E-state index contributed by atoms with van der Waals surface area (Å²) >= 11 is 0. The fraction of sp³-hybridized carbons (Fsp3) is 0.316. The lowest BCUT2D eigenvalue weighted by Crippen LogP contribution is -2.29. The zero-order valence-electron chi connectivity index (χ0n) is 14.9. The summed E-state index contributed by atoms with van der Waals surface area (Å²) in [7, 11) is -1.92. The van der Waals surface area contributed by atoms with E-state index in [4.69, 9.17) is 9.47 Å². The molecule has 0 heterocycles. The van der Waals surface area contributed by atoms with Gasteiger partial charge in [-0.2, -0.15) is 0 Å². The third kappa shape index (κ3) is 5.57. The van der Waals surface area contributed by atoms with Crippen molar-refractivity contribution in [3.05, 3.63) is 60.2 Å². The van der Waals surface area contributed by atoms with Crippen molar-refractivity contribution in [2.24, 2.45) is 0 Å². The fourth-order valence-electron chi connectivity index (χ4n) is 2.28. The van der Waals surface area contributed by atoms with Crippen LogP contribution in [0.5, 0.6) is 5.75 Å². The highest BCUT2D eigenvalue weighted by molar-refractivity contribution is 7.89. The van der Waals surface area contributed by atoms with Gasteiger partial charge in [0.05, 0.1) is 11.5 Å². The van der Waals surface area contributed by atoms with E-state index < -0.39 is 16.0 Å². The van der Waals surface area contributed by atoms with E-state index >= 15 is 0 Å². The predicted octanol–water partition coefficient (Wildman–Crippen LogP) is 2.49. The van der Waals surface area contributed by atoms with Gasteiger partial charge in [-0.25, -0.2) is 17.5 Å². The largest absolute Gasteiger partial charge is 0.482 e. The Morgan fingerprint density at radius 2 is 1.69 bits per heavy atom. The summed E-state index contributed by atoms with van der Waals surface area (Å²) in [5.74, 6) is 0.149. The highest BCUT2D eigenvalue weighted by Crippen LogP contribution is 2.16. The fourth-order valence-corrected chi connectivity index (χ4v) is 3.47. The number of rotatable bonds is 9. The lowest BCUT2D eigenvalue weighted by Gasteiger charge is -2.17. The molecular formula is C19H23NO5S. The van der Waals surface area contributed by atoms with E-state index in [0.717, 1.165) is 5.56 Å². The highest BCUT2D eigenvalue weighted by Gasteiger charge is 2.19. The van der Waals surface area contributed by atoms with Crippen LogP contribution >= 0.6 is 0 Å². The van der Waals surface area contributed by atoms with Crippen molar-refractivity contribution < 1.29 is 22.7 Å². The molecule has 0 aliphatic carbocycles. The molecule has 0 aliphatic heterocycles. The molecule has 0 spiro atoms. The third-order valence-corrected chi connectivity index (χ3v) is 5.62. The van der Waals surface area contributed by atoms with Crippen LogP contribution in [-0.4, -0.2) is 45.5 Å². The maximum absolute atomic E-state index is 12.5. The maximum Gasteiger partial charge on any atom is 0.344 e. The Balaban J connectivity index is 1.88. The van der Waals surface area contributed by atoms with Gasteiger partial charge in [-0.3, -0.25) is 0 Å². The van der Waals surface area contributed by atoms with E-state index in [1.165, 1.54) is 4.31 Å². The van der Waals surface area contributed by atoms with E-state index in [1.807, 2.05) is 12.1 Å². The van der Waals surface area contributed by atoms with Crippen LogP contribution in [0.25, 0.3) is 0 Å². The molecule has 0 unspecified atom stereocenters. The number of hydrogen-bond donors (Lipinski definition) is 0. The van der Waals surface area contributed by atoms with E-state index in [-0.39, 0.29) is 11.5 Å². The van der Waals surface area contributed by atoms with Gasteiger partial charge in [0.1, 0.15) is 5.75 Å². The molecule has 2 rings (SSSR count). The summed E-state index contributed by atoms with van der Waals surface area (Å²) < 4.78 is 36.4. The molecule has 7 heteroatoms. The van der Waals surface area contributed by atoms with Gasteiger partial charge >= 0.3 is 5.97 Å². The van der Waals surface area contributed by atoms with Gasteiger partial charge in [0.15, 0.2) is 6.61 Å². The second-order valence-electron chi connectivity index (χ2n) is 5.63. The Morgan fingerprint density at radius 1 is 1.04 bits per heavy atom. The molecule has 0 aliphatic rings. The summed E-state index contributed by atoms with van der Waals surface area (Å²) in [5.41, 5.74) is 0.976. The van der Waals surface area contributed by atoms with E-state index in [2.05, 4.69) is 0 Å². The third-order valence-electron chi connectivity index (χ3n) is 3.75. The molecule has 0 N–H and O–H groups in total. The summed E-state index contributed by atoms with van der Waals surface area (Å²) in [5, 5.41) is 0. The molecular weight excluding hydrogens is 354 g/mol. The topological polar surface area (TPSA) is 72.9 Å². The van der Waals surface area contributed by atoms with Gasteiger partial charge < -0.3 is 9.47 Å². The van der Waals surface area contributed by atoms with Crippen molar-refractivity contribution >= 4 is 16.0 Å². The summed E-state index contributed by atoms with van der Waals surface area (Å²) in [4.78, 5) is 11.5. The molecule has 0 amide bonds. The molecule has 0 radical (unpaired) electrons. The van der Waals surface area contributed by atoms with Crippen molar-refractivity contribution in [3.8, 4) is 5.75 Å². The monoisotopic (exact) mass is 377 g/mol. The Kier molecular flexibility index (Phi) is 7.17. The first-order valence-corrected chi connectivity index (χ1v) is 9.76. The molecule has 0 saturated heterocycles. The first kappa shape index (κ1) is 19.9. The molecule has 0 bridgehead atoms. The Morgan fingerprint density at radius 3 is 2.31 bits per heavy atom. The van der Waals surface area contributed by atoms with Crippen LogP contribution in [0.15, 0.2) is 59.5 Å². The van der Waals surface area contributed by atoms with E-state index in [9.17, 15) is 13.2 Å². The van der Waals surface area contributed by atoms with Gasteiger partial charge in [0.2, 0.25) is 10.0 Å². The smallest absolute Gasteiger partial charge is 0.344 e. The van der Waals surface area contributed by atoms with Crippen molar-refractivity contribution in [2.75, 3.05) is 26.8 Å². The second kappa shape index (κ2) is 9.35. The standard InChI is InChI=1S/C19H23NO5S/c1-3-24-19(21)15-25-17-11-9-16(10-12-17)13-14-20(2)26(22,23)18-7-5-4-6-8-18/h4-12H,3,13-15H2,1-2H3. The Labute approximate surface area is 154 Å². The number of carbonyl (C=O) groups is 1. The molecule has 2 aromatic carbocycles. The number of likely N-dealkylation sites (N-methyl/N-ethyl adjacent to an activating group) is 1. The Bertz CT molecular complexity index is 804. The summed E-state index contributed by atoms with van der Waals surface area (Å²) in [6.45, 7) is 2.29. The normalized spacial score (nSPS) is 11.3. The van der Waals surface area contributed by atoms with Crippen molar-refractivity contribution in [1.29, 1.82) is 0 Å². The predicted molar refractivity (Wildman–Crippen MR) is 98.5 cm³/mol. The number of nitrogens with zero attached hydrogens (tertiary/aromatic N) is 1. The number of carbonyl (C=O) groups excluding carboxylic acids is 1. The molecule has 140 valence electrons. The van der Waals surface area contributed by atoms with Gasteiger partial charge in [0.25, 0.3) is 0 Å². The summed E-state index contributed by atoms with van der Waals surface area (Å²) in [6, 6.07) is 15.6. The average Bonchev–Trinajstić information content (AvgIpc) is 2.66. The van der Waals surface area contributed by atoms with Crippen LogP contribution in [0.4, 0.5) is 0 Å². The van der Waals surface area contributed by atoms with Crippen LogP contribution < -0.4 is 4.74 Å². The lowest BCUT2D eigenvalue weighted by atomic mass is 10.1. The maximum atomic E-state index is 12.5. The quantitative estimate of drug-likeness (QED) is 0.628. The molecule has 26 heavy (non-hydrogen) atoms. The SMILES string of the molecule is CCOC(=O)COc1ccc(CCN(C)S(=O)(=O)c2ccccc2)cc1. The molecule has 0 fully saturated rings. The van der Waals surface area contributed by atoms with Gasteiger partial charge in [0, 0.05) is 13.6 Å². The number of ether oxygens (including phenoxy) is 2. The number of hydrogen-bond acceptors (Lipinski definition) is 5.